The molecule has 2 aliphatic carbocycles. The van der Waals surface area contributed by atoms with Crippen molar-refractivity contribution in [3.05, 3.63) is 11.9 Å². The largest absolute Gasteiger partial charge is 0.384 e. The van der Waals surface area contributed by atoms with Crippen LogP contribution in [-0.2, 0) is 0 Å². The van der Waals surface area contributed by atoms with E-state index in [1.165, 1.54) is 57.8 Å². The van der Waals surface area contributed by atoms with E-state index in [1.807, 2.05) is 6.07 Å². The van der Waals surface area contributed by atoms with Crippen LogP contribution in [0.2, 0.25) is 0 Å². The normalized spacial score (nSPS) is 25.2. The van der Waals surface area contributed by atoms with Crippen molar-refractivity contribution in [2.24, 2.45) is 5.41 Å². The minimum absolute atomic E-state index is 0.571. The molecule has 1 aromatic rings. The summed E-state index contributed by atoms with van der Waals surface area (Å²) in [5.41, 5.74) is 6.64. The third kappa shape index (κ3) is 2.72. The summed E-state index contributed by atoms with van der Waals surface area (Å²) in [6.07, 6.45) is 12.3. The summed E-state index contributed by atoms with van der Waals surface area (Å²) < 4.78 is 0. The lowest BCUT2D eigenvalue weighted by Crippen LogP contribution is -2.41. The molecule has 1 saturated heterocycles. The van der Waals surface area contributed by atoms with Crippen molar-refractivity contribution >= 4 is 11.6 Å². The van der Waals surface area contributed by atoms with Crippen molar-refractivity contribution in [1.29, 1.82) is 0 Å². The Balaban J connectivity index is 1.48. The quantitative estimate of drug-likeness (QED) is 0.904. The van der Waals surface area contributed by atoms with Gasteiger partial charge in [-0.3, -0.25) is 0 Å². The molecule has 21 heavy (non-hydrogen) atoms. The molecule has 3 fully saturated rings. The van der Waals surface area contributed by atoms with Gasteiger partial charge in [0.15, 0.2) is 0 Å². The van der Waals surface area contributed by atoms with Gasteiger partial charge in [0.1, 0.15) is 17.5 Å². The van der Waals surface area contributed by atoms with Crippen LogP contribution in [0.5, 0.6) is 0 Å². The standard InChI is InChI=1S/C17H26N4/c18-14-12-15(20-16(19-14)13-4-5-13)21-10-8-17(9-11-21)6-2-1-3-7-17/h12-13H,1-11H2,(H2,18,19,20). The first-order valence-electron chi connectivity index (χ1n) is 8.64. The molecule has 2 saturated carbocycles. The fourth-order valence-corrected chi connectivity index (χ4v) is 4.17. The zero-order valence-electron chi connectivity index (χ0n) is 12.9. The molecule has 2 N–H and O–H groups in total. The van der Waals surface area contributed by atoms with Crippen LogP contribution in [0.25, 0.3) is 0 Å². The van der Waals surface area contributed by atoms with Gasteiger partial charge in [-0.2, -0.15) is 0 Å². The Morgan fingerprint density at radius 2 is 1.71 bits per heavy atom. The molecule has 1 spiro atoms. The van der Waals surface area contributed by atoms with Crippen LogP contribution < -0.4 is 10.6 Å². The fraction of sp³-hybridized carbons (Fsp3) is 0.765. The average molecular weight is 286 g/mol. The molecule has 4 nitrogen and oxygen atoms in total. The molecule has 1 aliphatic heterocycles. The Bertz CT molecular complexity index is 508. The van der Waals surface area contributed by atoms with Crippen LogP contribution in [-0.4, -0.2) is 23.1 Å². The zero-order valence-corrected chi connectivity index (χ0v) is 12.9. The van der Waals surface area contributed by atoms with Gasteiger partial charge in [0.2, 0.25) is 0 Å². The number of anilines is 2. The lowest BCUT2D eigenvalue weighted by molar-refractivity contribution is 0.144. The molecule has 4 heteroatoms. The van der Waals surface area contributed by atoms with Crippen molar-refractivity contribution in [3.63, 3.8) is 0 Å². The molecule has 3 aliphatic rings. The van der Waals surface area contributed by atoms with E-state index < -0.39 is 0 Å². The maximum absolute atomic E-state index is 5.99. The maximum atomic E-state index is 5.99. The van der Waals surface area contributed by atoms with Crippen LogP contribution in [0.4, 0.5) is 11.6 Å². The summed E-state index contributed by atoms with van der Waals surface area (Å²) in [5, 5.41) is 0. The van der Waals surface area contributed by atoms with Crippen LogP contribution in [0.1, 0.15) is 69.5 Å². The van der Waals surface area contributed by atoms with E-state index in [1.54, 1.807) is 0 Å². The van der Waals surface area contributed by atoms with E-state index in [0.29, 0.717) is 17.2 Å². The van der Waals surface area contributed by atoms with Crippen molar-refractivity contribution in [2.75, 3.05) is 23.7 Å². The number of rotatable bonds is 2. The average Bonchev–Trinajstić information content (AvgIpc) is 3.33. The molecule has 1 aromatic heterocycles. The summed E-state index contributed by atoms with van der Waals surface area (Å²) in [5.74, 6) is 3.25. The third-order valence-electron chi connectivity index (χ3n) is 5.75. The van der Waals surface area contributed by atoms with E-state index in [-0.39, 0.29) is 0 Å². The zero-order chi connectivity index (χ0) is 14.3. The number of nitrogens with zero attached hydrogens (tertiary/aromatic N) is 3. The Morgan fingerprint density at radius 1 is 1.00 bits per heavy atom. The second kappa shape index (κ2) is 5.15. The molecule has 0 amide bonds. The van der Waals surface area contributed by atoms with Gasteiger partial charge >= 0.3 is 0 Å². The first kappa shape index (κ1) is 13.4. The molecule has 0 unspecified atom stereocenters. The lowest BCUT2D eigenvalue weighted by atomic mass is 9.68. The minimum atomic E-state index is 0.571. The molecule has 0 atom stereocenters. The van der Waals surface area contributed by atoms with Gasteiger partial charge in [-0.1, -0.05) is 19.3 Å². The number of piperidine rings is 1. The topological polar surface area (TPSA) is 55.0 Å². The van der Waals surface area contributed by atoms with Gasteiger partial charge in [0.05, 0.1) is 0 Å². The molecule has 114 valence electrons. The molecular formula is C17H26N4. The Hall–Kier alpha value is -1.32. The van der Waals surface area contributed by atoms with Crippen molar-refractivity contribution in [1.82, 2.24) is 9.97 Å². The van der Waals surface area contributed by atoms with Crippen LogP contribution in [0.15, 0.2) is 6.07 Å². The van der Waals surface area contributed by atoms with E-state index in [2.05, 4.69) is 9.88 Å². The summed E-state index contributed by atoms with van der Waals surface area (Å²) in [7, 11) is 0. The smallest absolute Gasteiger partial charge is 0.136 e. The number of hydrogen-bond donors (Lipinski definition) is 1. The molecule has 4 rings (SSSR count). The highest BCUT2D eigenvalue weighted by Gasteiger charge is 2.36. The van der Waals surface area contributed by atoms with E-state index in [0.717, 1.165) is 24.7 Å². The van der Waals surface area contributed by atoms with E-state index >= 15 is 0 Å². The number of nitrogens with two attached hydrogens (primary N) is 1. The minimum Gasteiger partial charge on any atom is -0.384 e. The maximum Gasteiger partial charge on any atom is 0.136 e. The number of nitrogen functional groups attached to an aromatic ring is 1. The molecule has 2 heterocycles. The van der Waals surface area contributed by atoms with Gasteiger partial charge in [0.25, 0.3) is 0 Å². The summed E-state index contributed by atoms with van der Waals surface area (Å²) in [4.78, 5) is 11.6. The number of aromatic nitrogens is 2. The van der Waals surface area contributed by atoms with Crippen LogP contribution in [0, 0.1) is 5.41 Å². The first-order chi connectivity index (χ1) is 10.2. The Labute approximate surface area is 127 Å². The second-order valence-electron chi connectivity index (χ2n) is 7.33. The SMILES string of the molecule is Nc1cc(N2CCC3(CCCCC3)CC2)nc(C2CC2)n1. The molecule has 0 radical (unpaired) electrons. The monoisotopic (exact) mass is 286 g/mol. The van der Waals surface area contributed by atoms with Crippen LogP contribution >= 0.6 is 0 Å². The highest BCUT2D eigenvalue weighted by atomic mass is 15.2. The van der Waals surface area contributed by atoms with Crippen LogP contribution in [0.3, 0.4) is 0 Å². The highest BCUT2D eigenvalue weighted by Crippen LogP contribution is 2.45. The summed E-state index contributed by atoms with van der Waals surface area (Å²) in [6.45, 7) is 2.28. The molecule has 0 bridgehead atoms. The predicted molar refractivity (Wildman–Crippen MR) is 85.4 cm³/mol. The van der Waals surface area contributed by atoms with Gasteiger partial charge in [-0.25, -0.2) is 9.97 Å². The highest BCUT2D eigenvalue weighted by molar-refractivity contribution is 5.48. The number of hydrogen-bond acceptors (Lipinski definition) is 4. The summed E-state index contributed by atoms with van der Waals surface area (Å²) in [6, 6.07) is 1.96. The van der Waals surface area contributed by atoms with Crippen molar-refractivity contribution in [3.8, 4) is 0 Å². The Kier molecular flexibility index (Phi) is 3.27. The van der Waals surface area contributed by atoms with E-state index in [9.17, 15) is 0 Å². The van der Waals surface area contributed by atoms with Gasteiger partial charge in [-0.05, 0) is 43.9 Å². The first-order valence-corrected chi connectivity index (χ1v) is 8.64. The Morgan fingerprint density at radius 3 is 2.38 bits per heavy atom. The second-order valence-corrected chi connectivity index (χ2v) is 7.33. The summed E-state index contributed by atoms with van der Waals surface area (Å²) >= 11 is 0. The van der Waals surface area contributed by atoms with Crippen molar-refractivity contribution in [2.45, 2.75) is 63.7 Å². The molecular weight excluding hydrogens is 260 g/mol. The fourth-order valence-electron chi connectivity index (χ4n) is 4.17. The van der Waals surface area contributed by atoms with Crippen molar-refractivity contribution < 1.29 is 0 Å². The van der Waals surface area contributed by atoms with Gasteiger partial charge in [0, 0.05) is 25.1 Å². The molecule has 0 aromatic carbocycles. The van der Waals surface area contributed by atoms with E-state index in [4.69, 9.17) is 10.7 Å². The predicted octanol–water partition coefficient (Wildman–Crippen LogP) is 3.49. The third-order valence-corrected chi connectivity index (χ3v) is 5.75. The van der Waals surface area contributed by atoms with Gasteiger partial charge < -0.3 is 10.6 Å². The van der Waals surface area contributed by atoms with Gasteiger partial charge in [-0.15, -0.1) is 0 Å². The lowest BCUT2D eigenvalue weighted by Gasteiger charge is -2.44.